The van der Waals surface area contributed by atoms with Crippen LogP contribution in [0.2, 0.25) is 0 Å². The van der Waals surface area contributed by atoms with Crippen LogP contribution in [-0.4, -0.2) is 17.4 Å². The largest absolute Gasteiger partial charge is 0.355 e. The summed E-state index contributed by atoms with van der Waals surface area (Å²) in [5.74, 6) is -0.700. The zero-order valence-electron chi connectivity index (χ0n) is 10.0. The zero-order valence-corrected chi connectivity index (χ0v) is 10.0. The van der Waals surface area contributed by atoms with Crippen LogP contribution in [0.15, 0.2) is 24.4 Å². The number of rotatable bonds is 6. The van der Waals surface area contributed by atoms with Crippen LogP contribution >= 0.6 is 0 Å². The van der Waals surface area contributed by atoms with Crippen molar-refractivity contribution in [1.82, 2.24) is 10.3 Å². The third kappa shape index (κ3) is 4.64. The molecule has 1 heterocycles. The third-order valence-corrected chi connectivity index (χ3v) is 2.46. The van der Waals surface area contributed by atoms with E-state index in [4.69, 9.17) is 5.26 Å². The summed E-state index contributed by atoms with van der Waals surface area (Å²) in [5, 5.41) is 11.6. The Bertz CT molecular complexity index is 383. The Hall–Kier alpha value is -1.89. The van der Waals surface area contributed by atoms with E-state index in [9.17, 15) is 4.79 Å². The van der Waals surface area contributed by atoms with E-state index in [0.717, 1.165) is 12.1 Å². The molecule has 0 saturated carbocycles. The van der Waals surface area contributed by atoms with Crippen molar-refractivity contribution in [2.24, 2.45) is 5.92 Å². The van der Waals surface area contributed by atoms with Gasteiger partial charge in [0.15, 0.2) is 0 Å². The second kappa shape index (κ2) is 7.39. The maximum atomic E-state index is 11.6. The summed E-state index contributed by atoms with van der Waals surface area (Å²) in [6.07, 6.45) is 3.88. The SMILES string of the molecule is CCCC(C#N)C(=O)NCCc1ccccn1. The fourth-order valence-electron chi connectivity index (χ4n) is 1.53. The molecule has 1 aromatic rings. The Morgan fingerprint density at radius 1 is 1.59 bits per heavy atom. The first-order valence-electron chi connectivity index (χ1n) is 5.85. The van der Waals surface area contributed by atoms with Crippen molar-refractivity contribution < 1.29 is 4.79 Å². The van der Waals surface area contributed by atoms with Crippen LogP contribution in [0.4, 0.5) is 0 Å². The van der Waals surface area contributed by atoms with Crippen LogP contribution in [-0.2, 0) is 11.2 Å². The summed E-state index contributed by atoms with van der Waals surface area (Å²) in [6.45, 7) is 2.49. The smallest absolute Gasteiger partial charge is 0.237 e. The standard InChI is InChI=1S/C13H17N3O/c1-2-5-11(10-14)13(17)16-9-7-12-6-3-4-8-15-12/h3-4,6,8,11H,2,5,7,9H2,1H3,(H,16,17). The predicted molar refractivity (Wildman–Crippen MR) is 65.0 cm³/mol. The van der Waals surface area contributed by atoms with Gasteiger partial charge in [-0.05, 0) is 18.6 Å². The molecule has 90 valence electrons. The highest BCUT2D eigenvalue weighted by Gasteiger charge is 2.15. The Morgan fingerprint density at radius 3 is 3.00 bits per heavy atom. The number of carbonyl (C=O) groups is 1. The molecule has 0 aliphatic carbocycles. The van der Waals surface area contributed by atoms with Crippen LogP contribution in [0.1, 0.15) is 25.5 Å². The minimum atomic E-state index is -0.524. The van der Waals surface area contributed by atoms with E-state index >= 15 is 0 Å². The monoisotopic (exact) mass is 231 g/mol. The van der Waals surface area contributed by atoms with Gasteiger partial charge in [-0.1, -0.05) is 19.4 Å². The van der Waals surface area contributed by atoms with Gasteiger partial charge >= 0.3 is 0 Å². The third-order valence-electron chi connectivity index (χ3n) is 2.46. The van der Waals surface area contributed by atoms with Crippen molar-refractivity contribution in [3.05, 3.63) is 30.1 Å². The number of amides is 1. The fraction of sp³-hybridized carbons (Fsp3) is 0.462. The van der Waals surface area contributed by atoms with Gasteiger partial charge in [-0.2, -0.15) is 5.26 Å². The average molecular weight is 231 g/mol. The molecule has 1 aromatic heterocycles. The van der Waals surface area contributed by atoms with Crippen LogP contribution in [0.3, 0.4) is 0 Å². The minimum Gasteiger partial charge on any atom is -0.355 e. The number of carbonyl (C=O) groups excluding carboxylic acids is 1. The molecule has 1 atom stereocenters. The van der Waals surface area contributed by atoms with E-state index in [-0.39, 0.29) is 5.91 Å². The molecule has 1 N–H and O–H groups in total. The summed E-state index contributed by atoms with van der Waals surface area (Å²) in [6, 6.07) is 7.71. The molecule has 1 rings (SSSR count). The molecule has 0 saturated heterocycles. The van der Waals surface area contributed by atoms with Crippen LogP contribution in [0.5, 0.6) is 0 Å². The number of aromatic nitrogens is 1. The number of pyridine rings is 1. The maximum Gasteiger partial charge on any atom is 0.237 e. The molecule has 0 fully saturated rings. The van der Waals surface area contributed by atoms with Crippen molar-refractivity contribution in [1.29, 1.82) is 5.26 Å². The van der Waals surface area contributed by atoms with Crippen molar-refractivity contribution in [2.75, 3.05) is 6.54 Å². The zero-order chi connectivity index (χ0) is 12.5. The molecular formula is C13H17N3O. The maximum absolute atomic E-state index is 11.6. The summed E-state index contributed by atoms with van der Waals surface area (Å²) in [4.78, 5) is 15.8. The van der Waals surface area contributed by atoms with E-state index < -0.39 is 5.92 Å². The van der Waals surface area contributed by atoms with Gasteiger partial charge < -0.3 is 5.32 Å². The van der Waals surface area contributed by atoms with E-state index in [2.05, 4.69) is 10.3 Å². The van der Waals surface area contributed by atoms with Gasteiger partial charge in [0.1, 0.15) is 5.92 Å². The quantitative estimate of drug-likeness (QED) is 0.810. The number of nitriles is 1. The van der Waals surface area contributed by atoms with E-state index in [1.54, 1.807) is 6.20 Å². The molecule has 0 spiro atoms. The molecule has 17 heavy (non-hydrogen) atoms. The molecule has 0 aliphatic rings. The van der Waals surface area contributed by atoms with Gasteiger partial charge in [0, 0.05) is 24.9 Å². The summed E-state index contributed by atoms with van der Waals surface area (Å²) >= 11 is 0. The summed E-state index contributed by atoms with van der Waals surface area (Å²) < 4.78 is 0. The lowest BCUT2D eigenvalue weighted by molar-refractivity contribution is -0.123. The molecule has 4 nitrogen and oxygen atoms in total. The van der Waals surface area contributed by atoms with Crippen LogP contribution in [0.25, 0.3) is 0 Å². The number of hydrogen-bond acceptors (Lipinski definition) is 3. The second-order valence-corrected chi connectivity index (χ2v) is 3.83. The first-order chi connectivity index (χ1) is 8.27. The Kier molecular flexibility index (Phi) is 5.73. The van der Waals surface area contributed by atoms with Crippen molar-refractivity contribution in [3.63, 3.8) is 0 Å². The minimum absolute atomic E-state index is 0.176. The normalized spacial score (nSPS) is 11.5. The van der Waals surface area contributed by atoms with Gasteiger partial charge in [0.25, 0.3) is 0 Å². The van der Waals surface area contributed by atoms with Crippen molar-refractivity contribution in [3.8, 4) is 6.07 Å². The van der Waals surface area contributed by atoms with Crippen LogP contribution in [0, 0.1) is 17.2 Å². The molecule has 4 heteroatoms. The summed E-state index contributed by atoms with van der Waals surface area (Å²) in [5.41, 5.74) is 0.941. The second-order valence-electron chi connectivity index (χ2n) is 3.83. The molecule has 0 aliphatic heterocycles. The average Bonchev–Trinajstić information content (AvgIpc) is 2.37. The van der Waals surface area contributed by atoms with Gasteiger partial charge in [-0.25, -0.2) is 0 Å². The molecule has 0 radical (unpaired) electrons. The van der Waals surface area contributed by atoms with Gasteiger partial charge in [0.2, 0.25) is 5.91 Å². The van der Waals surface area contributed by atoms with Crippen molar-refractivity contribution >= 4 is 5.91 Å². The van der Waals surface area contributed by atoms with E-state index in [1.807, 2.05) is 31.2 Å². The van der Waals surface area contributed by atoms with Gasteiger partial charge in [-0.15, -0.1) is 0 Å². The van der Waals surface area contributed by atoms with E-state index in [1.165, 1.54) is 0 Å². The fourth-order valence-corrected chi connectivity index (χ4v) is 1.53. The highest BCUT2D eigenvalue weighted by atomic mass is 16.1. The lowest BCUT2D eigenvalue weighted by Crippen LogP contribution is -2.31. The Labute approximate surface area is 102 Å². The highest BCUT2D eigenvalue weighted by Crippen LogP contribution is 2.04. The predicted octanol–water partition coefficient (Wildman–Crippen LogP) is 1.68. The molecule has 1 amide bonds. The van der Waals surface area contributed by atoms with Crippen molar-refractivity contribution in [2.45, 2.75) is 26.2 Å². The Balaban J connectivity index is 2.31. The summed E-state index contributed by atoms with van der Waals surface area (Å²) in [7, 11) is 0. The number of nitrogens with zero attached hydrogens (tertiary/aromatic N) is 2. The molecule has 1 unspecified atom stereocenters. The van der Waals surface area contributed by atoms with E-state index in [0.29, 0.717) is 19.4 Å². The first kappa shape index (κ1) is 13.2. The molecule has 0 aromatic carbocycles. The number of nitrogens with one attached hydrogen (secondary N) is 1. The molecular weight excluding hydrogens is 214 g/mol. The van der Waals surface area contributed by atoms with Crippen LogP contribution < -0.4 is 5.32 Å². The van der Waals surface area contributed by atoms with Gasteiger partial charge in [-0.3, -0.25) is 9.78 Å². The lowest BCUT2D eigenvalue weighted by Gasteiger charge is -2.08. The highest BCUT2D eigenvalue weighted by molar-refractivity contribution is 5.80. The number of hydrogen-bond donors (Lipinski definition) is 1. The lowest BCUT2D eigenvalue weighted by atomic mass is 10.1. The van der Waals surface area contributed by atoms with Gasteiger partial charge in [0.05, 0.1) is 6.07 Å². The molecule has 0 bridgehead atoms. The first-order valence-corrected chi connectivity index (χ1v) is 5.85. The Morgan fingerprint density at radius 2 is 2.41 bits per heavy atom. The topological polar surface area (TPSA) is 65.8 Å².